The maximum Gasteiger partial charge on any atom is 0.264 e. The van der Waals surface area contributed by atoms with Crippen molar-refractivity contribution in [2.75, 3.05) is 11.3 Å². The molecule has 110 valence electrons. The van der Waals surface area contributed by atoms with Gasteiger partial charge in [-0.3, -0.25) is 4.72 Å². The quantitative estimate of drug-likeness (QED) is 0.829. The number of benzene rings is 1. The lowest BCUT2D eigenvalue weighted by Gasteiger charge is -2.08. The van der Waals surface area contributed by atoms with Gasteiger partial charge in [0, 0.05) is 12.0 Å². The summed E-state index contributed by atoms with van der Waals surface area (Å²) in [5.41, 5.74) is 2.63. The highest BCUT2D eigenvalue weighted by Crippen LogP contribution is 2.21. The van der Waals surface area contributed by atoms with E-state index in [1.54, 1.807) is 19.1 Å². The Balaban J connectivity index is 2.34. The molecule has 0 aliphatic carbocycles. The topological polar surface area (TPSA) is 92.2 Å². The summed E-state index contributed by atoms with van der Waals surface area (Å²) in [6, 6.07) is 4.93. The van der Waals surface area contributed by atoms with Crippen LogP contribution in [0.2, 0.25) is 0 Å². The first-order valence-corrected chi connectivity index (χ1v) is 8.38. The van der Waals surface area contributed by atoms with Crippen LogP contribution < -0.4 is 4.72 Å². The lowest BCUT2D eigenvalue weighted by Crippen LogP contribution is -2.14. The van der Waals surface area contributed by atoms with Gasteiger partial charge in [-0.15, -0.1) is 10.2 Å². The molecule has 1 aromatic carbocycles. The monoisotopic (exact) mass is 323 g/mol. The molecular formula is C13H13N3O3S2. The third kappa shape index (κ3) is 4.01. The zero-order valence-electron chi connectivity index (χ0n) is 11.2. The zero-order valence-corrected chi connectivity index (χ0v) is 12.8. The van der Waals surface area contributed by atoms with Gasteiger partial charge in [-0.05, 0) is 24.6 Å². The molecule has 1 aromatic heterocycles. The van der Waals surface area contributed by atoms with Crippen LogP contribution in [0.3, 0.4) is 0 Å². The van der Waals surface area contributed by atoms with Crippen LogP contribution in [-0.4, -0.2) is 30.3 Å². The molecule has 21 heavy (non-hydrogen) atoms. The van der Waals surface area contributed by atoms with Crippen LogP contribution in [0.4, 0.5) is 5.13 Å². The summed E-state index contributed by atoms with van der Waals surface area (Å²) in [4.78, 5) is 0.147. The second-order valence-corrected chi connectivity index (χ2v) is 6.59. The smallest absolute Gasteiger partial charge is 0.264 e. The number of aliphatic hydroxyl groups excluding tert-OH is 1. The maximum absolute atomic E-state index is 12.3. The van der Waals surface area contributed by atoms with Crippen LogP contribution in [0.25, 0.3) is 0 Å². The lowest BCUT2D eigenvalue weighted by molar-refractivity contribution is 0.305. The zero-order chi connectivity index (χ0) is 15.3. The van der Waals surface area contributed by atoms with Gasteiger partial charge in [0.25, 0.3) is 10.0 Å². The van der Waals surface area contributed by atoms with Crippen LogP contribution in [0.15, 0.2) is 28.6 Å². The predicted octanol–water partition coefficient (Wildman–Crippen LogP) is 1.38. The number of anilines is 1. The summed E-state index contributed by atoms with van der Waals surface area (Å²) in [5, 5.41) is 16.2. The molecule has 8 heteroatoms. The van der Waals surface area contributed by atoms with Crippen molar-refractivity contribution in [1.82, 2.24) is 10.2 Å². The molecule has 0 amide bonds. The Bertz CT molecular complexity index is 775. The molecule has 0 unspecified atom stereocenters. The van der Waals surface area contributed by atoms with Crippen molar-refractivity contribution in [2.24, 2.45) is 0 Å². The van der Waals surface area contributed by atoms with Crippen molar-refractivity contribution in [3.05, 3.63) is 34.8 Å². The molecule has 0 radical (unpaired) electrons. The van der Waals surface area contributed by atoms with E-state index in [0.29, 0.717) is 17.5 Å². The highest BCUT2D eigenvalue weighted by atomic mass is 32.2. The molecule has 0 spiro atoms. The largest absolute Gasteiger partial charge is 0.395 e. The fraction of sp³-hybridized carbons (Fsp3) is 0.231. The molecule has 0 bridgehead atoms. The van der Waals surface area contributed by atoms with E-state index in [1.165, 1.54) is 11.6 Å². The number of hydrogen-bond donors (Lipinski definition) is 2. The van der Waals surface area contributed by atoms with E-state index in [2.05, 4.69) is 26.8 Å². The van der Waals surface area contributed by atoms with E-state index in [1.807, 2.05) is 0 Å². The van der Waals surface area contributed by atoms with E-state index in [-0.39, 0.29) is 16.6 Å². The molecule has 2 N–H and O–H groups in total. The first-order valence-electron chi connectivity index (χ1n) is 6.02. The van der Waals surface area contributed by atoms with E-state index < -0.39 is 10.0 Å². The number of aliphatic hydroxyl groups is 1. The molecule has 0 aliphatic rings. The Morgan fingerprint density at radius 3 is 2.90 bits per heavy atom. The normalized spacial score (nSPS) is 10.8. The minimum Gasteiger partial charge on any atom is -0.395 e. The standard InChI is InChI=1S/C13H13N3O3S2/c1-10-5-6-11(4-2-3-7-17)8-12(10)21(18,19)16-13-15-14-9-20-13/h5-6,8-9,17H,3,7H2,1H3,(H,15,16). The van der Waals surface area contributed by atoms with Crippen molar-refractivity contribution in [3.8, 4) is 11.8 Å². The molecule has 0 fully saturated rings. The summed E-state index contributed by atoms with van der Waals surface area (Å²) in [6.45, 7) is 1.68. The Morgan fingerprint density at radius 1 is 1.43 bits per heavy atom. The van der Waals surface area contributed by atoms with Crippen LogP contribution in [0.5, 0.6) is 0 Å². The summed E-state index contributed by atoms with van der Waals surface area (Å²) in [5.74, 6) is 5.58. The van der Waals surface area contributed by atoms with Crippen molar-refractivity contribution < 1.29 is 13.5 Å². The highest BCUT2D eigenvalue weighted by molar-refractivity contribution is 7.93. The molecular weight excluding hydrogens is 310 g/mol. The Hall–Kier alpha value is -1.95. The number of rotatable bonds is 4. The molecule has 2 aromatic rings. The van der Waals surface area contributed by atoms with Gasteiger partial charge in [0.15, 0.2) is 0 Å². The summed E-state index contributed by atoms with van der Waals surface area (Å²) >= 11 is 1.10. The first-order chi connectivity index (χ1) is 10.0. The molecule has 0 atom stereocenters. The van der Waals surface area contributed by atoms with Gasteiger partial charge in [0.05, 0.1) is 11.5 Å². The van der Waals surface area contributed by atoms with Crippen LogP contribution in [0, 0.1) is 18.8 Å². The SMILES string of the molecule is Cc1ccc(C#CCCO)cc1S(=O)(=O)Nc1nncs1. The van der Waals surface area contributed by atoms with Crippen LogP contribution >= 0.6 is 11.3 Å². The average molecular weight is 323 g/mol. The van der Waals surface area contributed by atoms with Gasteiger partial charge in [0.2, 0.25) is 5.13 Å². The fourth-order valence-electron chi connectivity index (χ4n) is 1.58. The van der Waals surface area contributed by atoms with Gasteiger partial charge in [-0.25, -0.2) is 8.42 Å². The number of sulfonamides is 1. The maximum atomic E-state index is 12.3. The summed E-state index contributed by atoms with van der Waals surface area (Å²) < 4.78 is 27.1. The van der Waals surface area contributed by atoms with Gasteiger partial charge >= 0.3 is 0 Å². The van der Waals surface area contributed by atoms with Gasteiger partial charge in [-0.1, -0.05) is 29.2 Å². The first kappa shape index (κ1) is 15.4. The second kappa shape index (κ2) is 6.67. The Kier molecular flexibility index (Phi) is 4.90. The van der Waals surface area contributed by atoms with Crippen LogP contribution in [-0.2, 0) is 10.0 Å². The van der Waals surface area contributed by atoms with E-state index in [0.717, 1.165) is 11.3 Å². The van der Waals surface area contributed by atoms with Crippen molar-refractivity contribution in [2.45, 2.75) is 18.2 Å². The Morgan fingerprint density at radius 2 is 2.24 bits per heavy atom. The average Bonchev–Trinajstić information content (AvgIpc) is 2.93. The number of hydrogen-bond acceptors (Lipinski definition) is 6. The molecule has 6 nitrogen and oxygen atoms in total. The summed E-state index contributed by atoms with van der Waals surface area (Å²) in [6.07, 6.45) is 0.346. The number of aryl methyl sites for hydroxylation is 1. The molecule has 0 saturated heterocycles. The molecule has 2 rings (SSSR count). The van der Waals surface area contributed by atoms with Crippen molar-refractivity contribution >= 4 is 26.5 Å². The van der Waals surface area contributed by atoms with Crippen molar-refractivity contribution in [1.29, 1.82) is 0 Å². The molecule has 0 saturated carbocycles. The van der Waals surface area contributed by atoms with Crippen LogP contribution in [0.1, 0.15) is 17.5 Å². The third-order valence-electron chi connectivity index (χ3n) is 2.53. The van der Waals surface area contributed by atoms with Crippen molar-refractivity contribution in [3.63, 3.8) is 0 Å². The van der Waals surface area contributed by atoms with Gasteiger partial charge in [0.1, 0.15) is 5.51 Å². The second-order valence-electron chi connectivity index (χ2n) is 4.11. The number of aromatic nitrogens is 2. The Labute approximate surface area is 126 Å². The minimum absolute atomic E-state index is 0.0252. The van der Waals surface area contributed by atoms with Gasteiger partial charge < -0.3 is 5.11 Å². The fourth-order valence-corrected chi connectivity index (χ4v) is 3.54. The summed E-state index contributed by atoms with van der Waals surface area (Å²) in [7, 11) is -3.73. The lowest BCUT2D eigenvalue weighted by atomic mass is 10.1. The van der Waals surface area contributed by atoms with E-state index in [9.17, 15) is 8.42 Å². The number of nitrogens with zero attached hydrogens (tertiary/aromatic N) is 2. The van der Waals surface area contributed by atoms with E-state index in [4.69, 9.17) is 5.11 Å². The minimum atomic E-state index is -3.73. The number of nitrogens with one attached hydrogen (secondary N) is 1. The molecule has 1 heterocycles. The predicted molar refractivity (Wildman–Crippen MR) is 80.5 cm³/mol. The highest BCUT2D eigenvalue weighted by Gasteiger charge is 2.18. The van der Waals surface area contributed by atoms with Gasteiger partial charge in [-0.2, -0.15) is 0 Å². The third-order valence-corrected chi connectivity index (χ3v) is 4.75. The molecule has 0 aliphatic heterocycles. The van der Waals surface area contributed by atoms with E-state index >= 15 is 0 Å².